The van der Waals surface area contributed by atoms with Crippen molar-refractivity contribution in [2.45, 2.75) is 6.42 Å². The number of carbonyl (C=O) groups is 1. The highest BCUT2D eigenvalue weighted by Gasteiger charge is 2.05. The van der Waals surface area contributed by atoms with Gasteiger partial charge in [0.2, 0.25) is 0 Å². The Balaban J connectivity index is 1.99. The lowest BCUT2D eigenvalue weighted by Gasteiger charge is -2.10. The average molecular weight is 339 g/mol. The van der Waals surface area contributed by atoms with Gasteiger partial charge in [0, 0.05) is 17.7 Å². The second-order valence-electron chi connectivity index (χ2n) is 5.97. The van der Waals surface area contributed by atoms with Gasteiger partial charge in [-0.1, -0.05) is 30.3 Å². The molecule has 2 rings (SSSR count). The predicted octanol–water partition coefficient (Wildman–Crippen LogP) is 3.92. The van der Waals surface area contributed by atoms with Crippen LogP contribution < -0.4 is 9.47 Å². The molecule has 0 saturated heterocycles. The van der Waals surface area contributed by atoms with Gasteiger partial charge < -0.3 is 14.4 Å². The molecule has 0 aliphatic heterocycles. The molecule has 2 aromatic rings. The number of methoxy groups -OCH3 is 1. The molecule has 0 spiro atoms. The minimum absolute atomic E-state index is 0.0651. The van der Waals surface area contributed by atoms with Gasteiger partial charge in [-0.2, -0.15) is 0 Å². The van der Waals surface area contributed by atoms with Crippen LogP contribution in [0.1, 0.15) is 22.3 Å². The van der Waals surface area contributed by atoms with Gasteiger partial charge in [-0.25, -0.2) is 0 Å². The Hall–Kier alpha value is -2.59. The summed E-state index contributed by atoms with van der Waals surface area (Å²) in [5, 5.41) is 0. The molecule has 0 aliphatic rings. The standard InChI is InChI=1S/C21H25NO3/c1-22(2)14-7-15-25-19-10-6-9-18(16-19)20(23)13-12-17-8-4-5-11-21(17)24-3/h4-6,8-13,16H,7,14-15H2,1-3H3/b13-12+. The molecule has 0 N–H and O–H groups in total. The van der Waals surface area contributed by atoms with Crippen LogP contribution in [0.2, 0.25) is 0 Å². The lowest BCUT2D eigenvalue weighted by molar-refractivity contribution is 0.104. The number of nitrogens with zero attached hydrogens (tertiary/aromatic N) is 1. The number of allylic oxidation sites excluding steroid dienone is 1. The van der Waals surface area contributed by atoms with Gasteiger partial charge in [-0.05, 0) is 50.9 Å². The summed E-state index contributed by atoms with van der Waals surface area (Å²) >= 11 is 0. The van der Waals surface area contributed by atoms with E-state index in [0.717, 1.165) is 30.0 Å². The zero-order valence-corrected chi connectivity index (χ0v) is 15.1. The van der Waals surface area contributed by atoms with Crippen LogP contribution in [0, 0.1) is 0 Å². The first kappa shape index (κ1) is 18.7. The molecule has 0 radical (unpaired) electrons. The Morgan fingerprint density at radius 2 is 1.92 bits per heavy atom. The molecule has 0 unspecified atom stereocenters. The third-order valence-corrected chi connectivity index (χ3v) is 3.69. The minimum Gasteiger partial charge on any atom is -0.496 e. The van der Waals surface area contributed by atoms with E-state index in [1.54, 1.807) is 31.4 Å². The summed E-state index contributed by atoms with van der Waals surface area (Å²) in [6.07, 6.45) is 4.27. The minimum atomic E-state index is -0.0651. The first-order valence-electron chi connectivity index (χ1n) is 8.33. The number of hydrogen-bond acceptors (Lipinski definition) is 4. The molecule has 4 nitrogen and oxygen atoms in total. The van der Waals surface area contributed by atoms with E-state index in [1.807, 2.05) is 50.5 Å². The van der Waals surface area contributed by atoms with Crippen LogP contribution in [0.4, 0.5) is 0 Å². The zero-order chi connectivity index (χ0) is 18.1. The molecule has 132 valence electrons. The second-order valence-corrected chi connectivity index (χ2v) is 5.97. The molecule has 0 saturated carbocycles. The molecule has 0 atom stereocenters. The van der Waals surface area contributed by atoms with E-state index in [1.165, 1.54) is 0 Å². The highest BCUT2D eigenvalue weighted by Crippen LogP contribution is 2.20. The van der Waals surface area contributed by atoms with E-state index in [-0.39, 0.29) is 5.78 Å². The summed E-state index contributed by atoms with van der Waals surface area (Å²) in [4.78, 5) is 14.5. The Morgan fingerprint density at radius 1 is 1.12 bits per heavy atom. The molecule has 0 amide bonds. The maximum Gasteiger partial charge on any atom is 0.185 e. The van der Waals surface area contributed by atoms with Gasteiger partial charge >= 0.3 is 0 Å². The molecule has 25 heavy (non-hydrogen) atoms. The van der Waals surface area contributed by atoms with Crippen LogP contribution in [0.5, 0.6) is 11.5 Å². The number of hydrogen-bond donors (Lipinski definition) is 0. The molecule has 0 heterocycles. The largest absolute Gasteiger partial charge is 0.496 e. The smallest absolute Gasteiger partial charge is 0.185 e. The van der Waals surface area contributed by atoms with Crippen LogP contribution in [-0.2, 0) is 0 Å². The van der Waals surface area contributed by atoms with Gasteiger partial charge in [0.05, 0.1) is 13.7 Å². The fourth-order valence-corrected chi connectivity index (χ4v) is 2.38. The average Bonchev–Trinajstić information content (AvgIpc) is 2.63. The van der Waals surface area contributed by atoms with E-state index in [2.05, 4.69) is 4.90 Å². The number of ketones is 1. The first-order chi connectivity index (χ1) is 12.1. The molecular formula is C21H25NO3. The fraction of sp³-hybridized carbons (Fsp3) is 0.286. The molecule has 0 aliphatic carbocycles. The third kappa shape index (κ3) is 6.08. The predicted molar refractivity (Wildman–Crippen MR) is 101 cm³/mol. The van der Waals surface area contributed by atoms with Crippen molar-refractivity contribution >= 4 is 11.9 Å². The van der Waals surface area contributed by atoms with Gasteiger partial charge in [-0.3, -0.25) is 4.79 Å². The van der Waals surface area contributed by atoms with E-state index in [4.69, 9.17) is 9.47 Å². The van der Waals surface area contributed by atoms with Crippen molar-refractivity contribution in [1.29, 1.82) is 0 Å². The fourth-order valence-electron chi connectivity index (χ4n) is 2.38. The Bertz CT molecular complexity index is 723. The van der Waals surface area contributed by atoms with E-state index in [9.17, 15) is 4.79 Å². The molecule has 0 fully saturated rings. The monoisotopic (exact) mass is 339 g/mol. The van der Waals surface area contributed by atoms with Gasteiger partial charge in [-0.15, -0.1) is 0 Å². The topological polar surface area (TPSA) is 38.8 Å². The summed E-state index contributed by atoms with van der Waals surface area (Å²) in [5.41, 5.74) is 1.48. The maximum absolute atomic E-state index is 12.4. The molecule has 0 bridgehead atoms. The summed E-state index contributed by atoms with van der Waals surface area (Å²) in [5.74, 6) is 1.39. The number of carbonyl (C=O) groups excluding carboxylic acids is 1. The summed E-state index contributed by atoms with van der Waals surface area (Å²) in [7, 11) is 5.69. The van der Waals surface area contributed by atoms with Crippen molar-refractivity contribution < 1.29 is 14.3 Å². The third-order valence-electron chi connectivity index (χ3n) is 3.69. The highest BCUT2D eigenvalue weighted by atomic mass is 16.5. The number of para-hydroxylation sites is 1. The van der Waals surface area contributed by atoms with Gasteiger partial charge in [0.15, 0.2) is 5.78 Å². The quantitative estimate of drug-likeness (QED) is 0.394. The summed E-state index contributed by atoms with van der Waals surface area (Å²) in [6, 6.07) is 14.9. The van der Waals surface area contributed by atoms with Crippen molar-refractivity contribution in [3.63, 3.8) is 0 Å². The first-order valence-corrected chi connectivity index (χ1v) is 8.33. The molecule has 4 heteroatoms. The zero-order valence-electron chi connectivity index (χ0n) is 15.1. The van der Waals surface area contributed by atoms with Crippen molar-refractivity contribution in [2.24, 2.45) is 0 Å². The SMILES string of the molecule is COc1ccccc1/C=C/C(=O)c1cccc(OCCCN(C)C)c1. The number of ether oxygens (including phenoxy) is 2. The molecule has 0 aromatic heterocycles. The van der Waals surface area contributed by atoms with Crippen LogP contribution in [0.15, 0.2) is 54.6 Å². The summed E-state index contributed by atoms with van der Waals surface area (Å²) in [6.45, 7) is 1.60. The summed E-state index contributed by atoms with van der Waals surface area (Å²) < 4.78 is 11.0. The van der Waals surface area contributed by atoms with Crippen molar-refractivity contribution in [3.05, 3.63) is 65.7 Å². The Morgan fingerprint density at radius 3 is 2.68 bits per heavy atom. The van der Waals surface area contributed by atoms with Crippen molar-refractivity contribution in [2.75, 3.05) is 34.4 Å². The Kier molecular flexibility index (Phi) is 7.23. The second kappa shape index (κ2) is 9.64. The number of benzene rings is 2. The maximum atomic E-state index is 12.4. The van der Waals surface area contributed by atoms with E-state index < -0.39 is 0 Å². The normalized spacial score (nSPS) is 11.0. The van der Waals surface area contributed by atoms with Crippen LogP contribution >= 0.6 is 0 Å². The van der Waals surface area contributed by atoms with E-state index in [0.29, 0.717) is 12.2 Å². The van der Waals surface area contributed by atoms with E-state index >= 15 is 0 Å². The van der Waals surface area contributed by atoms with Crippen molar-refractivity contribution in [1.82, 2.24) is 4.90 Å². The molecular weight excluding hydrogens is 314 g/mol. The lowest BCUT2D eigenvalue weighted by Crippen LogP contribution is -2.15. The van der Waals surface area contributed by atoms with Crippen LogP contribution in [0.3, 0.4) is 0 Å². The van der Waals surface area contributed by atoms with Crippen LogP contribution in [0.25, 0.3) is 6.08 Å². The lowest BCUT2D eigenvalue weighted by atomic mass is 10.1. The number of rotatable bonds is 9. The van der Waals surface area contributed by atoms with Gasteiger partial charge in [0.25, 0.3) is 0 Å². The Labute approximate surface area is 149 Å². The molecule has 2 aromatic carbocycles. The van der Waals surface area contributed by atoms with Crippen molar-refractivity contribution in [3.8, 4) is 11.5 Å². The highest BCUT2D eigenvalue weighted by molar-refractivity contribution is 6.07. The van der Waals surface area contributed by atoms with Gasteiger partial charge in [0.1, 0.15) is 11.5 Å². The van der Waals surface area contributed by atoms with Crippen LogP contribution in [-0.4, -0.2) is 45.0 Å².